The number of hydrogen-bond donors (Lipinski definition) is 1. The zero-order valence-electron chi connectivity index (χ0n) is 2.55. The molecule has 32 valence electrons. The van der Waals surface area contributed by atoms with Crippen molar-refractivity contribution < 1.29 is 4.69 Å². The lowest BCUT2D eigenvalue weighted by Crippen LogP contribution is -1.64. The molecule has 0 radical (unpaired) electrons. The number of nitrogens with zero attached hydrogens (tertiary/aromatic N) is 1. The topological polar surface area (TPSA) is 78.1 Å². The Labute approximate surface area is 31.5 Å². The molecule has 0 bridgehead atoms. The van der Waals surface area contributed by atoms with E-state index in [9.17, 15) is 0 Å². The molecule has 1 atom stereocenters. The van der Waals surface area contributed by atoms with E-state index in [-0.39, 0.29) is 6.15 Å². The Balaban J connectivity index is 0. The summed E-state index contributed by atoms with van der Waals surface area (Å²) in [5.74, 6) is 0. The van der Waals surface area contributed by atoms with Gasteiger partial charge < -0.3 is 6.15 Å². The van der Waals surface area contributed by atoms with Gasteiger partial charge in [0.15, 0.2) is 0 Å². The SMILES string of the molecule is N.O=[N+]([O-])P. The van der Waals surface area contributed by atoms with Crippen LogP contribution in [0.5, 0.6) is 0 Å². The second-order valence-corrected chi connectivity index (χ2v) is 0.707. The highest BCUT2D eigenvalue weighted by Gasteiger charge is 1.58. The number of hydrogen-bond acceptors (Lipinski definition) is 3. The van der Waals surface area contributed by atoms with E-state index in [4.69, 9.17) is 10.1 Å². The molecule has 0 saturated heterocycles. The molecule has 0 spiro atoms. The Morgan fingerprint density at radius 2 is 1.80 bits per heavy atom. The van der Waals surface area contributed by atoms with Crippen molar-refractivity contribution >= 4 is 9.39 Å². The summed E-state index contributed by atoms with van der Waals surface area (Å²) in [7, 11) is 1.38. The van der Waals surface area contributed by atoms with Crippen LogP contribution >= 0.6 is 9.39 Å². The van der Waals surface area contributed by atoms with E-state index in [1.807, 2.05) is 0 Å². The predicted molar refractivity (Wildman–Crippen MR) is 21.7 cm³/mol. The van der Waals surface area contributed by atoms with E-state index in [1.54, 1.807) is 0 Å². The third-order valence-electron chi connectivity index (χ3n) is 0. The maximum atomic E-state index is 8.77. The van der Waals surface area contributed by atoms with Gasteiger partial charge in [-0.05, 0) is 0 Å². The molecule has 0 aromatic rings. The van der Waals surface area contributed by atoms with Gasteiger partial charge in [-0.1, -0.05) is 0 Å². The lowest BCUT2D eigenvalue weighted by atomic mass is 13.4. The van der Waals surface area contributed by atoms with Crippen molar-refractivity contribution in [2.45, 2.75) is 0 Å². The van der Waals surface area contributed by atoms with E-state index in [0.29, 0.717) is 0 Å². The fourth-order valence-electron chi connectivity index (χ4n) is 0. The molecule has 0 rings (SSSR count). The summed E-state index contributed by atoms with van der Waals surface area (Å²) in [5.41, 5.74) is 0. The van der Waals surface area contributed by atoms with Crippen LogP contribution in [0, 0.1) is 10.1 Å². The summed E-state index contributed by atoms with van der Waals surface area (Å²) in [6.07, 6.45) is 0. The van der Waals surface area contributed by atoms with Crippen molar-refractivity contribution in [2.24, 2.45) is 0 Å². The number of rotatable bonds is 0. The molecule has 0 aliphatic heterocycles. The first-order valence-electron chi connectivity index (χ1n) is 0.623. The van der Waals surface area contributed by atoms with Gasteiger partial charge in [0.05, 0.1) is 0 Å². The molecule has 0 heterocycles. The maximum absolute atomic E-state index is 8.77. The van der Waals surface area contributed by atoms with E-state index >= 15 is 0 Å². The third-order valence-corrected chi connectivity index (χ3v) is 0. The lowest BCUT2D eigenvalue weighted by molar-refractivity contribution is -0.288. The quantitative estimate of drug-likeness (QED) is 0.266. The van der Waals surface area contributed by atoms with Gasteiger partial charge in [0.1, 0.15) is 0 Å². The van der Waals surface area contributed by atoms with Crippen molar-refractivity contribution in [1.29, 1.82) is 0 Å². The molecule has 0 aromatic heterocycles. The minimum absolute atomic E-state index is 0. The van der Waals surface area contributed by atoms with Crippen LogP contribution in [0.3, 0.4) is 0 Å². The molecule has 4 nitrogen and oxygen atoms in total. The van der Waals surface area contributed by atoms with Crippen molar-refractivity contribution in [3.63, 3.8) is 0 Å². The monoisotopic (exact) mass is 96.0 g/mol. The van der Waals surface area contributed by atoms with Crippen molar-refractivity contribution in [2.75, 3.05) is 0 Å². The highest BCUT2D eigenvalue weighted by Crippen LogP contribution is 1.72. The van der Waals surface area contributed by atoms with Crippen LogP contribution in [0.1, 0.15) is 0 Å². The van der Waals surface area contributed by atoms with Gasteiger partial charge in [0.2, 0.25) is 9.39 Å². The smallest absolute Gasteiger partial charge is 0.223 e. The molecule has 3 N–H and O–H groups in total. The molecular weight excluding hydrogens is 91.0 g/mol. The molecule has 0 saturated carbocycles. The first-order chi connectivity index (χ1) is 1.73. The molecule has 0 aliphatic carbocycles. The second kappa shape index (κ2) is 3.79. The molecule has 0 aromatic carbocycles. The fraction of sp³-hybridized carbons (Fsp3) is 0. The third kappa shape index (κ3) is 275. The molecule has 0 amide bonds. The summed E-state index contributed by atoms with van der Waals surface area (Å²) in [6, 6.07) is 0. The normalized spacial score (nSPS) is 5.00. The molecular formula is H5N2O2P. The minimum atomic E-state index is -0.583. The largest absolute Gasteiger partial charge is 0.344 e. The van der Waals surface area contributed by atoms with Crippen molar-refractivity contribution in [1.82, 2.24) is 6.15 Å². The Morgan fingerprint density at radius 1 is 1.80 bits per heavy atom. The van der Waals surface area contributed by atoms with E-state index < -0.39 is 4.69 Å². The zero-order valence-corrected chi connectivity index (χ0v) is 3.70. The Bertz CT molecular complexity index is 30.6. The maximum Gasteiger partial charge on any atom is 0.223 e. The zero-order chi connectivity index (χ0) is 3.58. The Morgan fingerprint density at radius 3 is 1.80 bits per heavy atom. The van der Waals surface area contributed by atoms with E-state index in [0.717, 1.165) is 0 Å². The average molecular weight is 96.0 g/mol. The first kappa shape index (κ1) is 8.84. The highest BCUT2D eigenvalue weighted by atomic mass is 31.0. The van der Waals surface area contributed by atoms with Gasteiger partial charge in [0.25, 0.3) is 0 Å². The van der Waals surface area contributed by atoms with Gasteiger partial charge >= 0.3 is 0 Å². The van der Waals surface area contributed by atoms with Gasteiger partial charge in [-0.15, -0.1) is 0 Å². The fourth-order valence-corrected chi connectivity index (χ4v) is 0. The second-order valence-electron chi connectivity index (χ2n) is 0.285. The molecule has 0 aliphatic rings. The predicted octanol–water partition coefficient (Wildman–Crippen LogP) is 0.215. The summed E-state index contributed by atoms with van der Waals surface area (Å²) < 4.78 is -0.583. The van der Waals surface area contributed by atoms with Crippen molar-refractivity contribution in [3.8, 4) is 0 Å². The molecule has 1 unspecified atom stereocenters. The van der Waals surface area contributed by atoms with Gasteiger partial charge in [-0.25, -0.2) is 0 Å². The average Bonchev–Trinajstić information content (AvgIpc) is 0.811. The Kier molecular flexibility index (Phi) is 6.70. The summed E-state index contributed by atoms with van der Waals surface area (Å²) in [6.45, 7) is 0. The standard InChI is InChI=1S/H2NO2P.H3N/c2-1(3)4;/h4H2;1H3. The van der Waals surface area contributed by atoms with Crippen LogP contribution in [0.2, 0.25) is 0 Å². The lowest BCUT2D eigenvalue weighted by Gasteiger charge is -1.62. The molecule has 0 fully saturated rings. The van der Waals surface area contributed by atoms with Crippen LogP contribution < -0.4 is 6.15 Å². The van der Waals surface area contributed by atoms with Gasteiger partial charge in [0, 0.05) is 4.69 Å². The van der Waals surface area contributed by atoms with Crippen molar-refractivity contribution in [3.05, 3.63) is 10.1 Å². The number of nitro groups is 1. The van der Waals surface area contributed by atoms with Gasteiger partial charge in [-0.3, -0.25) is 10.1 Å². The highest BCUT2D eigenvalue weighted by molar-refractivity contribution is 7.08. The van der Waals surface area contributed by atoms with Crippen LogP contribution in [0.25, 0.3) is 0 Å². The van der Waals surface area contributed by atoms with E-state index in [1.165, 1.54) is 9.39 Å². The summed E-state index contributed by atoms with van der Waals surface area (Å²) >= 11 is 0. The minimum Gasteiger partial charge on any atom is -0.344 e. The van der Waals surface area contributed by atoms with Crippen LogP contribution in [-0.4, -0.2) is 4.69 Å². The molecule has 5 heavy (non-hydrogen) atoms. The van der Waals surface area contributed by atoms with Crippen LogP contribution in [0.4, 0.5) is 0 Å². The summed E-state index contributed by atoms with van der Waals surface area (Å²) in [4.78, 5) is 8.77. The van der Waals surface area contributed by atoms with Crippen LogP contribution in [0.15, 0.2) is 0 Å². The molecule has 5 heteroatoms. The van der Waals surface area contributed by atoms with E-state index in [2.05, 4.69) is 0 Å². The van der Waals surface area contributed by atoms with Crippen LogP contribution in [-0.2, 0) is 0 Å². The Hall–Kier alpha value is -0.210. The van der Waals surface area contributed by atoms with Gasteiger partial charge in [-0.2, -0.15) is 0 Å². The first-order valence-corrected chi connectivity index (χ1v) is 1.14. The summed E-state index contributed by atoms with van der Waals surface area (Å²) in [5, 5.41) is 8.77.